The number of nitriles is 1. The van der Waals surface area contributed by atoms with Gasteiger partial charge in [-0.05, 0) is 25.0 Å². The van der Waals surface area contributed by atoms with Crippen LogP contribution in [-0.4, -0.2) is 56.1 Å². The number of carboxylic acids is 1. The van der Waals surface area contributed by atoms with Gasteiger partial charge in [0.1, 0.15) is 0 Å². The van der Waals surface area contributed by atoms with Crippen LogP contribution in [0.3, 0.4) is 0 Å². The number of carbonyl (C=O) groups is 2. The van der Waals surface area contributed by atoms with E-state index in [-0.39, 0.29) is 16.7 Å². The second-order valence-corrected chi connectivity index (χ2v) is 6.68. The van der Waals surface area contributed by atoms with Gasteiger partial charge in [0.15, 0.2) is 6.29 Å². The van der Waals surface area contributed by atoms with Gasteiger partial charge in [0.2, 0.25) is 0 Å². The van der Waals surface area contributed by atoms with Crippen LogP contribution in [0.4, 0.5) is 0 Å². The second-order valence-electron chi connectivity index (χ2n) is 6.68. The smallest absolute Gasteiger partial charge is 0.336 e. The van der Waals surface area contributed by atoms with E-state index < -0.39 is 24.1 Å². The third-order valence-corrected chi connectivity index (χ3v) is 5.07. The lowest BCUT2D eigenvalue weighted by Crippen LogP contribution is -2.41. The summed E-state index contributed by atoms with van der Waals surface area (Å²) in [4.78, 5) is 27.1. The number of ether oxygens (including phenoxy) is 3. The van der Waals surface area contributed by atoms with Crippen LogP contribution in [0.25, 0.3) is 0 Å². The average molecular weight is 414 g/mol. The highest BCUT2D eigenvalue weighted by Crippen LogP contribution is 2.44. The number of hydrogen-bond acceptors (Lipinski definition) is 7. The zero-order valence-corrected chi connectivity index (χ0v) is 17.8. The Kier molecular flexibility index (Phi) is 7.75. The molecule has 30 heavy (non-hydrogen) atoms. The molecule has 1 unspecified atom stereocenters. The third-order valence-electron chi connectivity index (χ3n) is 5.07. The molecule has 1 aromatic rings. The predicted octanol–water partition coefficient (Wildman–Crippen LogP) is 2.77. The molecule has 0 fully saturated rings. The lowest BCUT2D eigenvalue weighted by Gasteiger charge is -2.40. The zero-order valence-electron chi connectivity index (χ0n) is 17.8. The van der Waals surface area contributed by atoms with Crippen molar-refractivity contribution in [3.05, 3.63) is 57.9 Å². The topological polar surface area (TPSA) is 109 Å². The van der Waals surface area contributed by atoms with Gasteiger partial charge in [0.25, 0.3) is 0 Å². The summed E-state index contributed by atoms with van der Waals surface area (Å²) >= 11 is 0. The molecule has 1 aliphatic heterocycles. The molecule has 0 aromatic heterocycles. The summed E-state index contributed by atoms with van der Waals surface area (Å²) in [6.45, 7) is 4.06. The van der Waals surface area contributed by atoms with E-state index in [0.29, 0.717) is 29.9 Å². The van der Waals surface area contributed by atoms with Crippen LogP contribution in [0.15, 0.2) is 46.8 Å². The quantitative estimate of drug-likeness (QED) is 0.511. The molecule has 0 bridgehead atoms. The lowest BCUT2D eigenvalue weighted by molar-refractivity contribution is -0.138. The summed E-state index contributed by atoms with van der Waals surface area (Å²) in [6, 6.07) is 8.69. The number of aliphatic carboxylic acids is 1. The Hall–Kier alpha value is -3.15. The van der Waals surface area contributed by atoms with Crippen molar-refractivity contribution >= 4 is 11.9 Å². The number of rotatable bonds is 8. The molecule has 0 spiro atoms. The Balaban J connectivity index is 3.00. The maximum Gasteiger partial charge on any atom is 0.336 e. The minimum Gasteiger partial charge on any atom is -0.478 e. The van der Waals surface area contributed by atoms with Crippen LogP contribution in [-0.2, 0) is 23.8 Å². The first-order chi connectivity index (χ1) is 14.4. The zero-order chi connectivity index (χ0) is 22.4. The largest absolute Gasteiger partial charge is 0.478 e. The number of nitrogens with zero attached hydrogens (tertiary/aromatic N) is 2. The Morgan fingerprint density at radius 3 is 2.33 bits per heavy atom. The summed E-state index contributed by atoms with van der Waals surface area (Å²) in [6.07, 6.45) is -0.255. The number of carboxylic acid groups (broad SMARTS) is 1. The molecular formula is C22H26N2O6. The van der Waals surface area contributed by atoms with Gasteiger partial charge < -0.3 is 24.2 Å². The van der Waals surface area contributed by atoms with E-state index in [1.54, 1.807) is 36.1 Å². The summed E-state index contributed by atoms with van der Waals surface area (Å²) in [5, 5.41) is 19.7. The van der Waals surface area contributed by atoms with Crippen molar-refractivity contribution in [3.63, 3.8) is 0 Å². The molecule has 0 aliphatic carbocycles. The summed E-state index contributed by atoms with van der Waals surface area (Å²) in [7, 11) is 4.10. The van der Waals surface area contributed by atoms with Gasteiger partial charge in [0, 0.05) is 26.5 Å². The Bertz CT molecular complexity index is 924. The first-order valence-electron chi connectivity index (χ1n) is 9.46. The van der Waals surface area contributed by atoms with E-state index in [2.05, 4.69) is 6.07 Å². The fourth-order valence-corrected chi connectivity index (χ4v) is 3.83. The first-order valence-corrected chi connectivity index (χ1v) is 9.46. The van der Waals surface area contributed by atoms with Crippen molar-refractivity contribution in [1.82, 2.24) is 4.90 Å². The van der Waals surface area contributed by atoms with Crippen molar-refractivity contribution in [3.8, 4) is 6.07 Å². The highest BCUT2D eigenvalue weighted by atomic mass is 16.7. The van der Waals surface area contributed by atoms with Crippen LogP contribution < -0.4 is 0 Å². The molecule has 0 amide bonds. The molecule has 0 radical (unpaired) electrons. The van der Waals surface area contributed by atoms with E-state index in [1.807, 2.05) is 6.92 Å². The van der Waals surface area contributed by atoms with Gasteiger partial charge in [-0.15, -0.1) is 0 Å². The number of esters is 1. The standard InChI is InChI=1S/C22H26N2O6/c1-6-11-24-13(2)16(20(25)26)17(15-10-8-7-9-14(15)12-23)18(21(27)28-3)19(24)22(29-4)30-5/h7-10,17,22H,6,11H2,1-5H3,(H,25,26). The molecule has 1 heterocycles. The fourth-order valence-electron chi connectivity index (χ4n) is 3.83. The SMILES string of the molecule is CCCN1C(C)=C(C(=O)O)C(c2ccccc2C#N)C(C(=O)OC)=C1C(OC)OC. The molecule has 160 valence electrons. The van der Waals surface area contributed by atoms with Gasteiger partial charge in [0.05, 0.1) is 41.5 Å². The van der Waals surface area contributed by atoms with E-state index in [9.17, 15) is 20.0 Å². The van der Waals surface area contributed by atoms with E-state index in [1.165, 1.54) is 21.3 Å². The molecule has 0 saturated heterocycles. The Labute approximate surface area is 175 Å². The van der Waals surface area contributed by atoms with Crippen molar-refractivity contribution in [2.75, 3.05) is 27.9 Å². The summed E-state index contributed by atoms with van der Waals surface area (Å²) in [5.74, 6) is -2.92. The van der Waals surface area contributed by atoms with Gasteiger partial charge in [-0.3, -0.25) is 0 Å². The van der Waals surface area contributed by atoms with E-state index in [0.717, 1.165) is 0 Å². The maximum atomic E-state index is 13.0. The highest BCUT2D eigenvalue weighted by Gasteiger charge is 2.44. The third kappa shape index (κ3) is 4.08. The first kappa shape index (κ1) is 23.1. The van der Waals surface area contributed by atoms with E-state index in [4.69, 9.17) is 14.2 Å². The average Bonchev–Trinajstić information content (AvgIpc) is 2.75. The molecule has 1 N–H and O–H groups in total. The molecule has 1 aliphatic rings. The number of carbonyl (C=O) groups excluding carboxylic acids is 1. The molecule has 1 atom stereocenters. The molecule has 2 rings (SSSR count). The highest BCUT2D eigenvalue weighted by molar-refractivity contribution is 5.99. The normalized spacial score (nSPS) is 16.7. The maximum absolute atomic E-state index is 13.0. The minimum absolute atomic E-state index is 0.00116. The van der Waals surface area contributed by atoms with Crippen LogP contribution in [0, 0.1) is 11.3 Å². The Morgan fingerprint density at radius 2 is 1.83 bits per heavy atom. The number of methoxy groups -OCH3 is 3. The van der Waals surface area contributed by atoms with Crippen LogP contribution in [0.2, 0.25) is 0 Å². The summed E-state index contributed by atoms with van der Waals surface area (Å²) in [5.41, 5.74) is 1.56. The second kappa shape index (κ2) is 10.1. The number of hydrogen-bond donors (Lipinski definition) is 1. The Morgan fingerprint density at radius 1 is 1.20 bits per heavy atom. The number of allylic oxidation sites excluding steroid dienone is 1. The van der Waals surface area contributed by atoms with Crippen molar-refractivity contribution < 1.29 is 28.9 Å². The minimum atomic E-state index is -1.18. The van der Waals surface area contributed by atoms with Crippen LogP contribution in [0.5, 0.6) is 0 Å². The fraction of sp³-hybridized carbons (Fsp3) is 0.409. The molecule has 8 heteroatoms. The predicted molar refractivity (Wildman–Crippen MR) is 108 cm³/mol. The molecular weight excluding hydrogens is 388 g/mol. The molecule has 0 saturated carbocycles. The molecule has 8 nitrogen and oxygen atoms in total. The van der Waals surface area contributed by atoms with Gasteiger partial charge in [-0.25, -0.2) is 9.59 Å². The van der Waals surface area contributed by atoms with Crippen molar-refractivity contribution in [2.24, 2.45) is 0 Å². The van der Waals surface area contributed by atoms with Gasteiger partial charge in [-0.1, -0.05) is 25.1 Å². The lowest BCUT2D eigenvalue weighted by atomic mass is 9.77. The molecule has 1 aromatic carbocycles. The number of benzene rings is 1. The van der Waals surface area contributed by atoms with Crippen LogP contribution >= 0.6 is 0 Å². The monoisotopic (exact) mass is 414 g/mol. The summed E-state index contributed by atoms with van der Waals surface area (Å²) < 4.78 is 16.0. The van der Waals surface area contributed by atoms with Crippen LogP contribution in [0.1, 0.15) is 37.3 Å². The van der Waals surface area contributed by atoms with E-state index >= 15 is 0 Å². The van der Waals surface area contributed by atoms with Crippen molar-refractivity contribution in [2.45, 2.75) is 32.5 Å². The van der Waals surface area contributed by atoms with Crippen molar-refractivity contribution in [1.29, 1.82) is 5.26 Å². The van der Waals surface area contributed by atoms with Gasteiger partial charge >= 0.3 is 11.9 Å². The van der Waals surface area contributed by atoms with Gasteiger partial charge in [-0.2, -0.15) is 5.26 Å².